The zero-order valence-electron chi connectivity index (χ0n) is 15.3. The first kappa shape index (κ1) is 18.7. The van der Waals surface area contributed by atoms with Crippen LogP contribution in [0.5, 0.6) is 0 Å². The normalized spacial score (nSPS) is 10.8. The molecule has 0 spiro atoms. The number of Topliss-reactive ketones (excluding diaryl/α,β-unsaturated/α-hetero) is 1. The number of nitrogens with one attached hydrogen (secondary N) is 2. The molecule has 1 aromatic carbocycles. The van der Waals surface area contributed by atoms with Crippen LogP contribution in [-0.4, -0.2) is 28.0 Å². The molecule has 0 aliphatic heterocycles. The number of carbonyl (C=O) groups is 2. The van der Waals surface area contributed by atoms with E-state index in [4.69, 9.17) is 0 Å². The molecule has 0 fully saturated rings. The Kier molecular flexibility index (Phi) is 6.33. The fraction of sp³-hybridized carbons (Fsp3) is 0.421. The number of hydrogen-bond donors (Lipinski definition) is 2. The van der Waals surface area contributed by atoms with Crippen LogP contribution in [0.4, 0.5) is 11.4 Å². The van der Waals surface area contributed by atoms with Gasteiger partial charge in [0, 0.05) is 17.8 Å². The third-order valence-corrected chi connectivity index (χ3v) is 3.81. The first-order chi connectivity index (χ1) is 11.9. The van der Waals surface area contributed by atoms with Crippen molar-refractivity contribution in [2.24, 2.45) is 5.92 Å². The molecule has 6 nitrogen and oxygen atoms in total. The van der Waals surface area contributed by atoms with Gasteiger partial charge in [0.25, 0.3) is 0 Å². The molecule has 25 heavy (non-hydrogen) atoms. The van der Waals surface area contributed by atoms with Gasteiger partial charge in [-0.15, -0.1) is 0 Å². The van der Waals surface area contributed by atoms with E-state index in [0.717, 1.165) is 24.3 Å². The van der Waals surface area contributed by atoms with E-state index < -0.39 is 0 Å². The van der Waals surface area contributed by atoms with E-state index in [9.17, 15) is 9.59 Å². The van der Waals surface area contributed by atoms with E-state index in [1.807, 2.05) is 4.68 Å². The summed E-state index contributed by atoms with van der Waals surface area (Å²) >= 11 is 0. The molecular weight excluding hydrogens is 316 g/mol. The van der Waals surface area contributed by atoms with Crippen molar-refractivity contribution in [3.63, 3.8) is 0 Å². The van der Waals surface area contributed by atoms with E-state index in [0.29, 0.717) is 17.2 Å². The van der Waals surface area contributed by atoms with E-state index in [1.165, 1.54) is 6.92 Å². The Bertz CT molecular complexity index is 750. The van der Waals surface area contributed by atoms with Crippen LogP contribution in [0.25, 0.3) is 0 Å². The predicted molar refractivity (Wildman–Crippen MR) is 100 cm³/mol. The van der Waals surface area contributed by atoms with Crippen LogP contribution in [0, 0.1) is 5.92 Å². The van der Waals surface area contributed by atoms with Gasteiger partial charge >= 0.3 is 0 Å². The number of aromatic nitrogens is 2. The van der Waals surface area contributed by atoms with Gasteiger partial charge in [-0.3, -0.25) is 14.3 Å². The molecule has 0 atom stereocenters. The molecule has 2 N–H and O–H groups in total. The highest BCUT2D eigenvalue weighted by Crippen LogP contribution is 2.17. The maximum absolute atomic E-state index is 12.2. The molecule has 0 saturated carbocycles. The summed E-state index contributed by atoms with van der Waals surface area (Å²) in [4.78, 5) is 23.6. The average Bonchev–Trinajstić information content (AvgIpc) is 2.94. The SMILES string of the molecule is CCc1c(NCC(=O)Nc2cccc(C(C)=O)c2)cnn1CC(C)C. The smallest absolute Gasteiger partial charge is 0.243 e. The van der Waals surface area contributed by atoms with Crippen molar-refractivity contribution in [1.29, 1.82) is 0 Å². The largest absolute Gasteiger partial charge is 0.373 e. The van der Waals surface area contributed by atoms with Gasteiger partial charge in [-0.2, -0.15) is 5.10 Å². The van der Waals surface area contributed by atoms with E-state index >= 15 is 0 Å². The minimum Gasteiger partial charge on any atom is -0.373 e. The third kappa shape index (κ3) is 5.17. The lowest BCUT2D eigenvalue weighted by atomic mass is 10.1. The molecule has 134 valence electrons. The summed E-state index contributed by atoms with van der Waals surface area (Å²) in [6.07, 6.45) is 2.61. The van der Waals surface area contributed by atoms with Crippen LogP contribution in [-0.2, 0) is 17.8 Å². The number of benzene rings is 1. The van der Waals surface area contributed by atoms with E-state index in [2.05, 4.69) is 36.5 Å². The standard InChI is InChI=1S/C19H26N4O2/c1-5-18-17(10-21-23(18)12-13(2)3)20-11-19(25)22-16-8-6-7-15(9-16)14(4)24/h6-10,13,20H,5,11-12H2,1-4H3,(H,22,25). The Labute approximate surface area is 148 Å². The second kappa shape index (κ2) is 8.46. The maximum Gasteiger partial charge on any atom is 0.243 e. The third-order valence-electron chi connectivity index (χ3n) is 3.81. The van der Waals surface area contributed by atoms with Crippen LogP contribution in [0.3, 0.4) is 0 Å². The van der Waals surface area contributed by atoms with Crippen molar-refractivity contribution in [2.75, 3.05) is 17.2 Å². The molecule has 0 bridgehead atoms. The van der Waals surface area contributed by atoms with Crippen LogP contribution >= 0.6 is 0 Å². The topological polar surface area (TPSA) is 76.0 Å². The monoisotopic (exact) mass is 342 g/mol. The summed E-state index contributed by atoms with van der Waals surface area (Å²) in [5, 5.41) is 10.4. The Morgan fingerprint density at radius 2 is 2.04 bits per heavy atom. The number of ketones is 1. The minimum absolute atomic E-state index is 0.0284. The molecule has 0 radical (unpaired) electrons. The fourth-order valence-electron chi connectivity index (χ4n) is 2.63. The van der Waals surface area contributed by atoms with Crippen molar-refractivity contribution in [1.82, 2.24) is 9.78 Å². The Hall–Kier alpha value is -2.63. The number of anilines is 2. The molecule has 0 aliphatic carbocycles. The first-order valence-electron chi connectivity index (χ1n) is 8.60. The molecule has 0 saturated heterocycles. The fourth-order valence-corrected chi connectivity index (χ4v) is 2.63. The van der Waals surface area contributed by atoms with Crippen LogP contribution in [0.1, 0.15) is 43.7 Å². The number of nitrogens with zero attached hydrogens (tertiary/aromatic N) is 2. The van der Waals surface area contributed by atoms with Crippen LogP contribution < -0.4 is 10.6 Å². The van der Waals surface area contributed by atoms with E-state index in [-0.39, 0.29) is 18.2 Å². The quantitative estimate of drug-likeness (QED) is 0.721. The highest BCUT2D eigenvalue weighted by atomic mass is 16.2. The second-order valence-corrected chi connectivity index (χ2v) is 6.47. The van der Waals surface area contributed by atoms with Crippen molar-refractivity contribution in [3.8, 4) is 0 Å². The lowest BCUT2D eigenvalue weighted by Gasteiger charge is -2.11. The molecule has 2 rings (SSSR count). The minimum atomic E-state index is -0.167. The molecule has 6 heteroatoms. The zero-order chi connectivity index (χ0) is 18.4. The lowest BCUT2D eigenvalue weighted by molar-refractivity contribution is -0.114. The van der Waals surface area contributed by atoms with Crippen LogP contribution in [0.15, 0.2) is 30.5 Å². The summed E-state index contributed by atoms with van der Waals surface area (Å²) in [6, 6.07) is 6.93. The number of amides is 1. The van der Waals surface area contributed by atoms with Crippen molar-refractivity contribution in [2.45, 2.75) is 40.7 Å². The molecular formula is C19H26N4O2. The molecule has 0 unspecified atom stereocenters. The van der Waals surface area contributed by atoms with Gasteiger partial charge in [-0.25, -0.2) is 0 Å². The highest BCUT2D eigenvalue weighted by Gasteiger charge is 2.11. The Balaban J connectivity index is 1.97. The summed E-state index contributed by atoms with van der Waals surface area (Å²) in [6.45, 7) is 8.88. The summed E-state index contributed by atoms with van der Waals surface area (Å²) in [5.74, 6) is 0.314. The van der Waals surface area contributed by atoms with E-state index in [1.54, 1.807) is 30.5 Å². The van der Waals surface area contributed by atoms with Gasteiger partial charge in [-0.05, 0) is 31.4 Å². The van der Waals surface area contributed by atoms with Gasteiger partial charge in [0.15, 0.2) is 5.78 Å². The summed E-state index contributed by atoms with van der Waals surface area (Å²) < 4.78 is 1.99. The first-order valence-corrected chi connectivity index (χ1v) is 8.60. The maximum atomic E-state index is 12.2. The molecule has 2 aromatic rings. The number of rotatable bonds is 8. The number of carbonyl (C=O) groups excluding carboxylic acids is 2. The number of hydrogen-bond acceptors (Lipinski definition) is 4. The Morgan fingerprint density at radius 3 is 2.68 bits per heavy atom. The molecule has 0 aliphatic rings. The molecule has 1 aromatic heterocycles. The van der Waals surface area contributed by atoms with Gasteiger partial charge in [0.1, 0.15) is 0 Å². The molecule has 1 amide bonds. The zero-order valence-corrected chi connectivity index (χ0v) is 15.3. The highest BCUT2D eigenvalue weighted by molar-refractivity contribution is 5.98. The predicted octanol–water partition coefficient (Wildman–Crippen LogP) is 3.35. The summed E-state index contributed by atoms with van der Waals surface area (Å²) in [7, 11) is 0. The summed E-state index contributed by atoms with van der Waals surface area (Å²) in [5.41, 5.74) is 3.18. The second-order valence-electron chi connectivity index (χ2n) is 6.47. The van der Waals surface area contributed by atoms with Crippen LogP contribution in [0.2, 0.25) is 0 Å². The van der Waals surface area contributed by atoms with Gasteiger partial charge in [0.2, 0.25) is 5.91 Å². The van der Waals surface area contributed by atoms with Crippen molar-refractivity contribution in [3.05, 3.63) is 41.7 Å². The van der Waals surface area contributed by atoms with Crippen molar-refractivity contribution >= 4 is 23.1 Å². The Morgan fingerprint density at radius 1 is 1.28 bits per heavy atom. The van der Waals surface area contributed by atoms with Crippen molar-refractivity contribution < 1.29 is 9.59 Å². The van der Waals surface area contributed by atoms with Gasteiger partial charge in [-0.1, -0.05) is 32.9 Å². The lowest BCUT2D eigenvalue weighted by Crippen LogP contribution is -2.22. The van der Waals surface area contributed by atoms with Gasteiger partial charge in [0.05, 0.1) is 24.1 Å². The molecule has 1 heterocycles. The van der Waals surface area contributed by atoms with Gasteiger partial charge < -0.3 is 10.6 Å². The average molecular weight is 342 g/mol.